The monoisotopic (exact) mass is 501 g/mol. The highest BCUT2D eigenvalue weighted by molar-refractivity contribution is 5.77. The first-order chi connectivity index (χ1) is 16.4. The van der Waals surface area contributed by atoms with Crippen LogP contribution in [0, 0.1) is 0 Å². The molecule has 2 N–H and O–H groups in total. The van der Waals surface area contributed by atoms with Crippen LogP contribution < -0.4 is 10.1 Å². The van der Waals surface area contributed by atoms with Gasteiger partial charge < -0.3 is 15.2 Å². The van der Waals surface area contributed by atoms with E-state index < -0.39 is 35.5 Å². The number of anilines is 1. The summed E-state index contributed by atoms with van der Waals surface area (Å²) in [7, 11) is 0. The van der Waals surface area contributed by atoms with Crippen LogP contribution in [0.2, 0.25) is 0 Å². The van der Waals surface area contributed by atoms with Crippen molar-refractivity contribution < 1.29 is 41.0 Å². The first-order valence-corrected chi connectivity index (χ1v) is 10.4. The van der Waals surface area contributed by atoms with E-state index in [9.17, 15) is 31.1 Å². The molecule has 190 valence electrons. The molecular weight excluding hydrogens is 476 g/mol. The number of phenolic OH excluding ortho intramolecular Hbond substituents is 1. The number of carbonyl (C=O) groups excluding carboxylic acids is 1. The molecule has 10 heteroatoms. The van der Waals surface area contributed by atoms with Crippen LogP contribution in [0.4, 0.5) is 32.0 Å². The van der Waals surface area contributed by atoms with Gasteiger partial charge in [0.05, 0.1) is 11.3 Å². The molecule has 0 aromatic heterocycles. The molecule has 0 aliphatic heterocycles. The van der Waals surface area contributed by atoms with Crippen molar-refractivity contribution in [3.63, 3.8) is 0 Å². The number of halogens is 6. The van der Waals surface area contributed by atoms with Crippen molar-refractivity contribution in [3.05, 3.63) is 89.5 Å². The first-order valence-electron chi connectivity index (χ1n) is 10.4. The predicted molar refractivity (Wildman–Crippen MR) is 121 cm³/mol. The molecule has 0 bridgehead atoms. The minimum Gasteiger partial charge on any atom is -0.508 e. The number of nitrogens with one attached hydrogen (secondary N) is 1. The number of aromatic hydroxyl groups is 1. The number of rotatable bonds is 5. The van der Waals surface area contributed by atoms with E-state index in [0.717, 1.165) is 18.2 Å². The summed E-state index contributed by atoms with van der Waals surface area (Å²) >= 11 is 0. The average molecular weight is 501 g/mol. The zero-order chi connectivity index (χ0) is 26.6. The molecule has 0 heterocycles. The zero-order valence-electron chi connectivity index (χ0n) is 19.1. The van der Waals surface area contributed by atoms with Gasteiger partial charge in [0.2, 0.25) is 6.41 Å². The van der Waals surface area contributed by atoms with E-state index in [4.69, 9.17) is 5.11 Å². The molecular formula is C25H25F6NO3. The summed E-state index contributed by atoms with van der Waals surface area (Å²) in [5, 5.41) is 10.7. The lowest BCUT2D eigenvalue weighted by atomic mass is 9.90. The average Bonchev–Trinajstić information content (AvgIpc) is 2.80. The molecule has 0 saturated heterocycles. The first kappa shape index (κ1) is 29.3. The number of hydrogen-bond donors (Lipinski definition) is 2. The summed E-state index contributed by atoms with van der Waals surface area (Å²) < 4.78 is 79.8. The third-order valence-corrected chi connectivity index (χ3v) is 4.44. The van der Waals surface area contributed by atoms with Crippen molar-refractivity contribution in [2.45, 2.75) is 39.2 Å². The van der Waals surface area contributed by atoms with Gasteiger partial charge in [0, 0.05) is 5.92 Å². The van der Waals surface area contributed by atoms with Crippen molar-refractivity contribution in [2.24, 2.45) is 0 Å². The maximum Gasteiger partial charge on any atom is 0.573 e. The molecule has 1 amide bonds. The Labute approximate surface area is 199 Å². The largest absolute Gasteiger partial charge is 0.573 e. The zero-order valence-corrected chi connectivity index (χ0v) is 19.1. The molecule has 4 nitrogen and oxygen atoms in total. The van der Waals surface area contributed by atoms with Crippen LogP contribution in [0.5, 0.6) is 11.5 Å². The molecule has 0 saturated carbocycles. The number of para-hydroxylation sites is 2. The van der Waals surface area contributed by atoms with Crippen molar-refractivity contribution in [2.75, 3.05) is 5.32 Å². The molecule has 3 rings (SSSR count). The fourth-order valence-electron chi connectivity index (χ4n) is 2.95. The highest BCUT2D eigenvalue weighted by atomic mass is 19.4. The smallest absolute Gasteiger partial charge is 0.508 e. The van der Waals surface area contributed by atoms with Gasteiger partial charge in [-0.1, -0.05) is 63.2 Å². The summed E-state index contributed by atoms with van der Waals surface area (Å²) in [6.45, 7) is 5.57. The van der Waals surface area contributed by atoms with E-state index in [1.165, 1.54) is 24.3 Å². The summed E-state index contributed by atoms with van der Waals surface area (Å²) in [4.78, 5) is 10.7. The predicted octanol–water partition coefficient (Wildman–Crippen LogP) is 7.74. The van der Waals surface area contributed by atoms with Crippen molar-refractivity contribution in [3.8, 4) is 11.5 Å². The van der Waals surface area contributed by atoms with Gasteiger partial charge in [-0.15, -0.1) is 13.2 Å². The topological polar surface area (TPSA) is 58.6 Å². The standard InChI is InChI=1S/C17H13F6NO2.C6H6O.C2H6/c1-10(11-5-7-12(8-6-11)26-17(21,22)23)13-3-2-4-14(16(18,19)20)15(13)24-9-25;7-6-4-2-1-3-5-6;1-2/h2-10H,1H3,(H,24,25);1-5,7H;1-2H3. The molecule has 1 unspecified atom stereocenters. The van der Waals surface area contributed by atoms with E-state index in [1.807, 2.05) is 19.9 Å². The molecule has 0 aliphatic carbocycles. The summed E-state index contributed by atoms with van der Waals surface area (Å²) in [6.07, 6.45) is -9.37. The van der Waals surface area contributed by atoms with Gasteiger partial charge in [-0.2, -0.15) is 13.2 Å². The molecule has 3 aromatic rings. The minimum absolute atomic E-state index is 0.140. The van der Waals surface area contributed by atoms with E-state index in [2.05, 4.69) is 10.1 Å². The van der Waals surface area contributed by atoms with Gasteiger partial charge in [0.15, 0.2) is 0 Å². The fourth-order valence-corrected chi connectivity index (χ4v) is 2.95. The Bertz CT molecular complexity index is 1040. The quantitative estimate of drug-likeness (QED) is 0.278. The van der Waals surface area contributed by atoms with Crippen molar-refractivity contribution in [1.29, 1.82) is 0 Å². The van der Waals surface area contributed by atoms with Gasteiger partial charge in [-0.3, -0.25) is 4.79 Å². The Hall–Kier alpha value is -3.69. The molecule has 1 atom stereocenters. The molecule has 0 aliphatic rings. The van der Waals surface area contributed by atoms with Gasteiger partial charge in [-0.25, -0.2) is 0 Å². The number of amides is 1. The van der Waals surface area contributed by atoms with Crippen LogP contribution in [0.25, 0.3) is 0 Å². The second kappa shape index (κ2) is 13.3. The Morgan fingerprint density at radius 3 is 1.86 bits per heavy atom. The van der Waals surface area contributed by atoms with Gasteiger partial charge in [0.1, 0.15) is 11.5 Å². The number of hydrogen-bond acceptors (Lipinski definition) is 3. The number of ether oxygens (including phenoxy) is 1. The van der Waals surface area contributed by atoms with Crippen LogP contribution in [0.15, 0.2) is 72.8 Å². The van der Waals surface area contributed by atoms with Crippen LogP contribution in [0.1, 0.15) is 43.4 Å². The number of carbonyl (C=O) groups is 1. The SMILES string of the molecule is CC.CC(c1ccc(OC(F)(F)F)cc1)c1cccc(C(F)(F)F)c1NC=O.Oc1ccccc1. The summed E-state index contributed by atoms with van der Waals surface area (Å²) in [5.41, 5.74) is -0.770. The number of benzene rings is 3. The summed E-state index contributed by atoms with van der Waals surface area (Å²) in [5.74, 6) is -0.745. The second-order valence-corrected chi connectivity index (χ2v) is 6.70. The molecule has 3 aromatic carbocycles. The highest BCUT2D eigenvalue weighted by Crippen LogP contribution is 2.40. The van der Waals surface area contributed by atoms with Gasteiger partial charge in [-0.05, 0) is 41.5 Å². The molecule has 0 radical (unpaired) electrons. The molecule has 0 fully saturated rings. The third kappa shape index (κ3) is 9.60. The number of phenols is 1. The third-order valence-electron chi connectivity index (χ3n) is 4.44. The number of alkyl halides is 6. The maximum atomic E-state index is 13.1. The van der Waals surface area contributed by atoms with Gasteiger partial charge in [0.25, 0.3) is 0 Å². The second-order valence-electron chi connectivity index (χ2n) is 6.70. The summed E-state index contributed by atoms with van der Waals surface area (Å²) in [6, 6.07) is 16.9. The van der Waals surface area contributed by atoms with E-state index in [0.29, 0.717) is 11.3 Å². The normalized spacial score (nSPS) is 11.7. The van der Waals surface area contributed by atoms with Crippen LogP contribution in [0.3, 0.4) is 0 Å². The van der Waals surface area contributed by atoms with Crippen LogP contribution >= 0.6 is 0 Å². The van der Waals surface area contributed by atoms with E-state index >= 15 is 0 Å². The van der Waals surface area contributed by atoms with Crippen molar-refractivity contribution in [1.82, 2.24) is 0 Å². The van der Waals surface area contributed by atoms with Crippen LogP contribution in [-0.4, -0.2) is 17.9 Å². The molecule has 35 heavy (non-hydrogen) atoms. The lowest BCUT2D eigenvalue weighted by Gasteiger charge is -2.20. The Balaban J connectivity index is 0.000000574. The van der Waals surface area contributed by atoms with E-state index in [1.54, 1.807) is 31.2 Å². The minimum atomic E-state index is -4.84. The lowest BCUT2D eigenvalue weighted by Crippen LogP contribution is -2.17. The fraction of sp³-hybridized carbons (Fsp3) is 0.240. The van der Waals surface area contributed by atoms with Crippen molar-refractivity contribution >= 4 is 12.1 Å². The highest BCUT2D eigenvalue weighted by Gasteiger charge is 2.35. The Morgan fingerprint density at radius 1 is 0.857 bits per heavy atom. The Morgan fingerprint density at radius 2 is 1.43 bits per heavy atom. The maximum absolute atomic E-state index is 13.1. The van der Waals surface area contributed by atoms with E-state index in [-0.39, 0.29) is 12.0 Å². The van der Waals surface area contributed by atoms with Crippen LogP contribution in [-0.2, 0) is 11.0 Å². The lowest BCUT2D eigenvalue weighted by molar-refractivity contribution is -0.274. The van der Waals surface area contributed by atoms with Gasteiger partial charge >= 0.3 is 12.5 Å². The Kier molecular flexibility index (Phi) is 11.1. The molecule has 0 spiro atoms.